The summed E-state index contributed by atoms with van der Waals surface area (Å²) in [5.41, 5.74) is 2.28. The van der Waals surface area contributed by atoms with Crippen LogP contribution in [0.25, 0.3) is 0 Å². The molecule has 1 aromatic carbocycles. The Morgan fingerprint density at radius 2 is 2.11 bits per heavy atom. The molecule has 0 bridgehead atoms. The second-order valence-electron chi connectivity index (χ2n) is 7.54. The number of alkyl halides is 1. The molecule has 1 aliphatic heterocycles. The van der Waals surface area contributed by atoms with E-state index in [-0.39, 0.29) is 23.2 Å². The summed E-state index contributed by atoms with van der Waals surface area (Å²) in [6.07, 6.45) is 9.32. The Hall–Kier alpha value is -1.65. The molecule has 0 aliphatic carbocycles. The fourth-order valence-electron chi connectivity index (χ4n) is 3.68. The van der Waals surface area contributed by atoms with Crippen molar-refractivity contribution >= 4 is 23.4 Å². The highest BCUT2D eigenvalue weighted by atomic mass is 35.5. The number of methoxy groups -OCH3 is 1. The summed E-state index contributed by atoms with van der Waals surface area (Å²) in [6.45, 7) is 3.77. The molecule has 28 heavy (non-hydrogen) atoms. The maximum Gasteiger partial charge on any atom is 0.305 e. The van der Waals surface area contributed by atoms with Gasteiger partial charge in [-0.1, -0.05) is 42.0 Å². The van der Waals surface area contributed by atoms with Crippen molar-refractivity contribution in [2.45, 2.75) is 63.3 Å². The highest BCUT2D eigenvalue weighted by Gasteiger charge is 2.31. The van der Waals surface area contributed by atoms with Crippen molar-refractivity contribution in [3.63, 3.8) is 0 Å². The van der Waals surface area contributed by atoms with E-state index in [9.17, 15) is 9.59 Å². The molecule has 1 fully saturated rings. The summed E-state index contributed by atoms with van der Waals surface area (Å²) in [5, 5.41) is 0.131. The van der Waals surface area contributed by atoms with Gasteiger partial charge < -0.3 is 4.74 Å². The molecule has 5 heteroatoms. The largest absolute Gasteiger partial charge is 0.469 e. The van der Waals surface area contributed by atoms with E-state index >= 15 is 0 Å². The molecule has 0 aromatic heterocycles. The van der Waals surface area contributed by atoms with Gasteiger partial charge in [-0.3, -0.25) is 14.5 Å². The van der Waals surface area contributed by atoms with Crippen LogP contribution >= 0.6 is 11.6 Å². The number of Topliss-reactive ketones (excluding diaryl/α,β-unsaturated/α-hetero) is 1. The quantitative estimate of drug-likeness (QED) is 0.236. The molecule has 1 saturated heterocycles. The van der Waals surface area contributed by atoms with Gasteiger partial charge in [0.15, 0.2) is 0 Å². The minimum atomic E-state index is -0.161. The molecule has 0 unspecified atom stereocenters. The number of carbonyl (C=O) groups excluding carboxylic acids is 2. The Morgan fingerprint density at radius 3 is 2.86 bits per heavy atom. The fourth-order valence-corrected chi connectivity index (χ4v) is 4.04. The maximum absolute atomic E-state index is 12.4. The lowest BCUT2D eigenvalue weighted by atomic mass is 10.0. The fraction of sp³-hybridized carbons (Fsp3) is 0.565. The van der Waals surface area contributed by atoms with Crippen molar-refractivity contribution in [2.75, 3.05) is 20.2 Å². The molecule has 1 aliphatic rings. The van der Waals surface area contributed by atoms with E-state index in [4.69, 9.17) is 11.6 Å². The average Bonchev–Trinajstić information content (AvgIpc) is 3.02. The Bertz CT molecular complexity index is 674. The summed E-state index contributed by atoms with van der Waals surface area (Å²) < 4.78 is 4.64. The zero-order valence-electron chi connectivity index (χ0n) is 17.0. The Labute approximate surface area is 173 Å². The number of likely N-dealkylation sites (tertiary alicyclic amines) is 1. The topological polar surface area (TPSA) is 46.6 Å². The molecular weight excluding hydrogens is 374 g/mol. The van der Waals surface area contributed by atoms with E-state index in [0.29, 0.717) is 19.3 Å². The van der Waals surface area contributed by atoms with Crippen LogP contribution in [0, 0.1) is 6.92 Å². The van der Waals surface area contributed by atoms with Crippen LogP contribution in [0.2, 0.25) is 0 Å². The predicted molar refractivity (Wildman–Crippen MR) is 114 cm³/mol. The standard InChI is InChI=1S/C23H32ClNO3/c1-18-8-7-9-19(16-18)17-20(26)12-14-25-15-13-21(24)22(25)10-5-3-4-6-11-23(27)28-2/h3,5,7-9,16,21-22H,4,6,10-15,17H2,1-2H3/b5-3-/t21-,22+/m1/s1. The molecule has 1 heterocycles. The highest BCUT2D eigenvalue weighted by Crippen LogP contribution is 2.26. The van der Waals surface area contributed by atoms with Crippen LogP contribution in [-0.4, -0.2) is 48.3 Å². The molecule has 0 N–H and O–H groups in total. The number of allylic oxidation sites excluding steroid dienone is 1. The third kappa shape index (κ3) is 7.76. The highest BCUT2D eigenvalue weighted by molar-refractivity contribution is 6.21. The summed E-state index contributed by atoms with van der Waals surface area (Å²) in [5.74, 6) is 0.118. The first-order valence-corrected chi connectivity index (χ1v) is 10.6. The van der Waals surface area contributed by atoms with Gasteiger partial charge in [-0.15, -0.1) is 11.6 Å². The SMILES string of the molecule is COC(=O)CCC/C=C\C[C@H]1[C@H](Cl)CCN1CCC(=O)Cc1cccc(C)c1. The Balaban J connectivity index is 1.72. The molecule has 0 radical (unpaired) electrons. The minimum absolute atomic E-state index is 0.131. The molecule has 0 saturated carbocycles. The summed E-state index contributed by atoms with van der Waals surface area (Å²) in [7, 11) is 1.42. The summed E-state index contributed by atoms with van der Waals surface area (Å²) in [6, 6.07) is 8.43. The number of halogens is 1. The van der Waals surface area contributed by atoms with E-state index < -0.39 is 0 Å². The van der Waals surface area contributed by atoms with E-state index in [1.54, 1.807) is 0 Å². The molecule has 2 atom stereocenters. The smallest absolute Gasteiger partial charge is 0.305 e. The van der Waals surface area contributed by atoms with Gasteiger partial charge in [-0.25, -0.2) is 0 Å². The predicted octanol–water partition coefficient (Wildman–Crippen LogP) is 4.47. The lowest BCUT2D eigenvalue weighted by Gasteiger charge is -2.24. The number of nitrogens with zero attached hydrogens (tertiary/aromatic N) is 1. The molecule has 1 aromatic rings. The number of rotatable bonds is 11. The van der Waals surface area contributed by atoms with Crippen molar-refractivity contribution in [3.8, 4) is 0 Å². The van der Waals surface area contributed by atoms with Gasteiger partial charge in [-0.05, 0) is 44.7 Å². The van der Waals surface area contributed by atoms with Crippen LogP contribution in [0.15, 0.2) is 36.4 Å². The van der Waals surface area contributed by atoms with E-state index in [0.717, 1.165) is 44.3 Å². The number of hydrogen-bond donors (Lipinski definition) is 0. The normalized spacial score (nSPS) is 20.0. The number of carbonyl (C=O) groups is 2. The molecule has 0 spiro atoms. The molecule has 0 amide bonds. The van der Waals surface area contributed by atoms with Crippen molar-refractivity contribution in [2.24, 2.45) is 0 Å². The third-order valence-corrected chi connectivity index (χ3v) is 5.77. The Morgan fingerprint density at radius 1 is 1.29 bits per heavy atom. The molecule has 4 nitrogen and oxygen atoms in total. The first kappa shape index (κ1) is 22.6. The van der Waals surface area contributed by atoms with Crippen LogP contribution < -0.4 is 0 Å². The minimum Gasteiger partial charge on any atom is -0.469 e. The second-order valence-corrected chi connectivity index (χ2v) is 8.10. The zero-order valence-corrected chi connectivity index (χ0v) is 17.8. The molecule has 2 rings (SSSR count). The number of unbranched alkanes of at least 4 members (excludes halogenated alkanes) is 1. The van der Waals surface area contributed by atoms with E-state index in [2.05, 4.69) is 27.9 Å². The number of hydrogen-bond acceptors (Lipinski definition) is 4. The van der Waals surface area contributed by atoms with Gasteiger partial charge >= 0.3 is 5.97 Å². The van der Waals surface area contributed by atoms with Crippen LogP contribution in [0.4, 0.5) is 0 Å². The lowest BCUT2D eigenvalue weighted by molar-refractivity contribution is -0.140. The zero-order chi connectivity index (χ0) is 20.4. The van der Waals surface area contributed by atoms with Crippen LogP contribution in [0.5, 0.6) is 0 Å². The number of ketones is 1. The van der Waals surface area contributed by atoms with E-state index in [1.807, 2.05) is 25.1 Å². The summed E-state index contributed by atoms with van der Waals surface area (Å²) >= 11 is 6.51. The van der Waals surface area contributed by atoms with Crippen molar-refractivity contribution < 1.29 is 14.3 Å². The van der Waals surface area contributed by atoms with Crippen molar-refractivity contribution in [1.82, 2.24) is 4.90 Å². The van der Waals surface area contributed by atoms with Gasteiger partial charge in [0.2, 0.25) is 0 Å². The number of aryl methyl sites for hydroxylation is 1. The van der Waals surface area contributed by atoms with Crippen LogP contribution in [0.1, 0.15) is 49.7 Å². The maximum atomic E-state index is 12.4. The second kappa shape index (κ2) is 12.0. The van der Waals surface area contributed by atoms with Crippen molar-refractivity contribution in [1.29, 1.82) is 0 Å². The average molecular weight is 406 g/mol. The monoisotopic (exact) mass is 405 g/mol. The van der Waals surface area contributed by atoms with Gasteiger partial charge in [0.1, 0.15) is 5.78 Å². The molecular formula is C23H32ClNO3. The van der Waals surface area contributed by atoms with Gasteiger partial charge in [0.05, 0.1) is 12.5 Å². The van der Waals surface area contributed by atoms with Gasteiger partial charge in [0.25, 0.3) is 0 Å². The molecule has 154 valence electrons. The number of ether oxygens (including phenoxy) is 1. The first-order chi connectivity index (χ1) is 13.5. The lowest BCUT2D eigenvalue weighted by Crippen LogP contribution is -2.34. The van der Waals surface area contributed by atoms with Gasteiger partial charge in [-0.2, -0.15) is 0 Å². The first-order valence-electron chi connectivity index (χ1n) is 10.2. The van der Waals surface area contributed by atoms with Crippen LogP contribution in [0.3, 0.4) is 0 Å². The number of esters is 1. The number of benzene rings is 1. The third-order valence-electron chi connectivity index (χ3n) is 5.26. The summed E-state index contributed by atoms with van der Waals surface area (Å²) in [4.78, 5) is 25.8. The van der Waals surface area contributed by atoms with E-state index in [1.165, 1.54) is 12.7 Å². The van der Waals surface area contributed by atoms with Crippen molar-refractivity contribution in [3.05, 3.63) is 47.5 Å². The Kier molecular flexibility index (Phi) is 9.72. The van der Waals surface area contributed by atoms with Crippen LogP contribution in [-0.2, 0) is 20.7 Å². The van der Waals surface area contributed by atoms with Gasteiger partial charge in [0, 0.05) is 31.8 Å².